The monoisotopic (exact) mass is 389 g/mol. The summed E-state index contributed by atoms with van der Waals surface area (Å²) in [6, 6.07) is 11.0. The number of aromatic nitrogens is 1. The van der Waals surface area contributed by atoms with Gasteiger partial charge in [-0.25, -0.2) is 9.78 Å². The first-order valence-electron chi connectivity index (χ1n) is 7.35. The summed E-state index contributed by atoms with van der Waals surface area (Å²) in [7, 11) is 0. The van der Waals surface area contributed by atoms with Crippen molar-refractivity contribution in [3.05, 3.63) is 74.2 Å². The zero-order valence-electron chi connectivity index (χ0n) is 13.2. The van der Waals surface area contributed by atoms with Crippen LogP contribution in [0.5, 0.6) is 0 Å². The van der Waals surface area contributed by atoms with E-state index in [2.05, 4.69) is 4.98 Å². The van der Waals surface area contributed by atoms with Crippen LogP contribution in [0.15, 0.2) is 47.8 Å². The molecule has 0 atom stereocenters. The number of nitrogen functional groups attached to an aromatic ring is 1. The molecule has 132 valence electrons. The second kappa shape index (κ2) is 7.51. The minimum atomic E-state index is -0.686. The highest BCUT2D eigenvalue weighted by atomic mass is 35.5. The molecule has 0 bridgehead atoms. The van der Waals surface area contributed by atoms with Crippen molar-refractivity contribution in [1.82, 2.24) is 4.98 Å². The van der Waals surface area contributed by atoms with Crippen LogP contribution in [0.3, 0.4) is 0 Å². The van der Waals surface area contributed by atoms with Gasteiger partial charge < -0.3 is 10.5 Å². The van der Waals surface area contributed by atoms with Gasteiger partial charge in [0, 0.05) is 22.0 Å². The van der Waals surface area contributed by atoms with E-state index >= 15 is 0 Å². The van der Waals surface area contributed by atoms with Crippen LogP contribution in [0, 0.1) is 10.1 Å². The van der Waals surface area contributed by atoms with Crippen LogP contribution in [-0.2, 0) is 11.3 Å². The van der Waals surface area contributed by atoms with Crippen molar-refractivity contribution in [2.45, 2.75) is 6.61 Å². The number of nitrogens with zero attached hydrogens (tertiary/aromatic N) is 2. The molecule has 7 nitrogen and oxygen atoms in total. The molecule has 0 amide bonds. The topological polar surface area (TPSA) is 108 Å². The summed E-state index contributed by atoms with van der Waals surface area (Å²) >= 11 is 7.28. The third kappa shape index (κ3) is 3.98. The number of carbonyl (C=O) groups is 1. The van der Waals surface area contributed by atoms with Crippen LogP contribution in [0.2, 0.25) is 5.02 Å². The van der Waals surface area contributed by atoms with Gasteiger partial charge in [-0.1, -0.05) is 23.7 Å². The molecule has 0 spiro atoms. The summed E-state index contributed by atoms with van der Waals surface area (Å²) in [4.78, 5) is 26.7. The van der Waals surface area contributed by atoms with Gasteiger partial charge in [-0.2, -0.15) is 0 Å². The molecule has 0 fully saturated rings. The lowest BCUT2D eigenvalue weighted by atomic mass is 10.2. The van der Waals surface area contributed by atoms with Gasteiger partial charge in [-0.05, 0) is 24.3 Å². The average molecular weight is 390 g/mol. The Morgan fingerprint density at radius 2 is 2.00 bits per heavy atom. The molecule has 0 aliphatic rings. The molecule has 0 aliphatic heterocycles. The van der Waals surface area contributed by atoms with Gasteiger partial charge in [0.25, 0.3) is 5.69 Å². The van der Waals surface area contributed by atoms with Crippen LogP contribution in [0.4, 0.5) is 11.4 Å². The average Bonchev–Trinajstić information content (AvgIpc) is 3.09. The van der Waals surface area contributed by atoms with Crippen molar-refractivity contribution < 1.29 is 14.5 Å². The standard InChI is InChI=1S/C17H12ClN3O4S/c18-12-4-1-10(2-5-12)16-20-13(9-26-16)8-25-17(22)11-3-6-14(19)15(7-11)21(23)24/h1-7,9H,8,19H2. The van der Waals surface area contributed by atoms with Crippen LogP contribution >= 0.6 is 22.9 Å². The lowest BCUT2D eigenvalue weighted by molar-refractivity contribution is -0.383. The highest BCUT2D eigenvalue weighted by Gasteiger charge is 2.17. The van der Waals surface area contributed by atoms with Crippen molar-refractivity contribution >= 4 is 40.3 Å². The van der Waals surface area contributed by atoms with Crippen molar-refractivity contribution in [2.24, 2.45) is 0 Å². The first kappa shape index (κ1) is 17.8. The SMILES string of the molecule is Nc1ccc(C(=O)OCc2csc(-c3ccc(Cl)cc3)n2)cc1[N+](=O)[O-]. The van der Waals surface area contributed by atoms with E-state index in [1.54, 1.807) is 17.5 Å². The molecule has 26 heavy (non-hydrogen) atoms. The lowest BCUT2D eigenvalue weighted by Crippen LogP contribution is -2.07. The predicted molar refractivity (Wildman–Crippen MR) is 99.2 cm³/mol. The smallest absolute Gasteiger partial charge is 0.338 e. The van der Waals surface area contributed by atoms with E-state index < -0.39 is 10.9 Å². The van der Waals surface area contributed by atoms with Gasteiger partial charge in [0.05, 0.1) is 16.2 Å². The molecule has 0 aliphatic carbocycles. The summed E-state index contributed by atoms with van der Waals surface area (Å²) in [5, 5.41) is 14.1. The molecule has 0 saturated carbocycles. The summed E-state index contributed by atoms with van der Waals surface area (Å²) in [6.07, 6.45) is 0. The molecule has 1 aromatic heterocycles. The first-order chi connectivity index (χ1) is 12.4. The number of carbonyl (C=O) groups excluding carboxylic acids is 1. The number of rotatable bonds is 5. The molecule has 3 aromatic rings. The Morgan fingerprint density at radius 3 is 2.69 bits per heavy atom. The normalized spacial score (nSPS) is 10.5. The van der Waals surface area contributed by atoms with E-state index in [-0.39, 0.29) is 23.5 Å². The molecule has 2 aromatic carbocycles. The zero-order chi connectivity index (χ0) is 18.7. The molecule has 0 saturated heterocycles. The molecule has 2 N–H and O–H groups in total. The lowest BCUT2D eigenvalue weighted by Gasteiger charge is -2.04. The minimum Gasteiger partial charge on any atom is -0.456 e. The summed E-state index contributed by atoms with van der Waals surface area (Å²) < 4.78 is 5.18. The zero-order valence-corrected chi connectivity index (χ0v) is 14.8. The number of thiazole rings is 1. The minimum absolute atomic E-state index is 0.0151. The summed E-state index contributed by atoms with van der Waals surface area (Å²) in [5.74, 6) is -0.686. The number of halogens is 1. The van der Waals surface area contributed by atoms with Crippen LogP contribution < -0.4 is 5.73 Å². The van der Waals surface area contributed by atoms with Gasteiger partial charge in [0.1, 0.15) is 17.3 Å². The Labute approximate surface area is 157 Å². The number of ether oxygens (including phenoxy) is 1. The molecule has 3 rings (SSSR count). The van der Waals surface area contributed by atoms with E-state index in [0.717, 1.165) is 16.6 Å². The second-order valence-corrected chi connectivity index (χ2v) is 6.55. The van der Waals surface area contributed by atoms with Crippen LogP contribution in [-0.4, -0.2) is 15.9 Å². The van der Waals surface area contributed by atoms with Crippen molar-refractivity contribution in [2.75, 3.05) is 5.73 Å². The van der Waals surface area contributed by atoms with Crippen molar-refractivity contribution in [1.29, 1.82) is 0 Å². The largest absolute Gasteiger partial charge is 0.456 e. The molecular weight excluding hydrogens is 378 g/mol. The fourth-order valence-electron chi connectivity index (χ4n) is 2.15. The Bertz CT molecular complexity index is 972. The maximum absolute atomic E-state index is 12.1. The number of hydrogen-bond acceptors (Lipinski definition) is 7. The number of hydrogen-bond donors (Lipinski definition) is 1. The fourth-order valence-corrected chi connectivity index (χ4v) is 3.09. The Morgan fingerprint density at radius 1 is 1.27 bits per heavy atom. The number of anilines is 1. The van der Waals surface area contributed by atoms with E-state index in [1.165, 1.54) is 23.5 Å². The third-order valence-corrected chi connectivity index (χ3v) is 4.65. The van der Waals surface area contributed by atoms with Crippen LogP contribution in [0.1, 0.15) is 16.1 Å². The van der Waals surface area contributed by atoms with Gasteiger partial charge in [-0.3, -0.25) is 10.1 Å². The number of esters is 1. The maximum atomic E-state index is 12.1. The van der Waals surface area contributed by atoms with Gasteiger partial charge >= 0.3 is 5.97 Å². The molecule has 1 heterocycles. The Hall–Kier alpha value is -2.97. The van der Waals surface area contributed by atoms with E-state index in [9.17, 15) is 14.9 Å². The van der Waals surface area contributed by atoms with Crippen molar-refractivity contribution in [3.63, 3.8) is 0 Å². The van der Waals surface area contributed by atoms with Crippen LogP contribution in [0.25, 0.3) is 10.6 Å². The van der Waals surface area contributed by atoms with Gasteiger partial charge in [0.2, 0.25) is 0 Å². The molecule has 0 radical (unpaired) electrons. The maximum Gasteiger partial charge on any atom is 0.338 e. The summed E-state index contributed by atoms with van der Waals surface area (Å²) in [6.45, 7) is -0.0406. The summed E-state index contributed by atoms with van der Waals surface area (Å²) in [5.41, 5.74) is 6.71. The second-order valence-electron chi connectivity index (χ2n) is 5.26. The number of nitro benzene ring substituents is 1. The fraction of sp³-hybridized carbons (Fsp3) is 0.0588. The molecule has 0 unspecified atom stereocenters. The highest BCUT2D eigenvalue weighted by molar-refractivity contribution is 7.13. The molecular formula is C17H12ClN3O4S. The Balaban J connectivity index is 1.68. The quantitative estimate of drug-likeness (QED) is 0.301. The van der Waals surface area contributed by atoms with E-state index in [0.29, 0.717) is 10.7 Å². The third-order valence-electron chi connectivity index (χ3n) is 3.46. The number of nitrogens with two attached hydrogens (primary N) is 1. The Kier molecular flexibility index (Phi) is 5.15. The number of benzene rings is 2. The molecule has 9 heteroatoms. The van der Waals surface area contributed by atoms with E-state index in [1.807, 2.05) is 12.1 Å². The van der Waals surface area contributed by atoms with Gasteiger partial charge in [0.15, 0.2) is 0 Å². The number of nitro groups is 1. The van der Waals surface area contributed by atoms with E-state index in [4.69, 9.17) is 22.1 Å². The van der Waals surface area contributed by atoms with Crippen molar-refractivity contribution in [3.8, 4) is 10.6 Å². The predicted octanol–water partition coefficient (Wildman–Crippen LogP) is 4.31. The van der Waals surface area contributed by atoms with Gasteiger partial charge in [-0.15, -0.1) is 11.3 Å². The highest BCUT2D eigenvalue weighted by Crippen LogP contribution is 2.26. The first-order valence-corrected chi connectivity index (χ1v) is 8.61.